The van der Waals surface area contributed by atoms with Gasteiger partial charge in [-0.3, -0.25) is 4.79 Å². The van der Waals surface area contributed by atoms with E-state index in [1.54, 1.807) is 0 Å². The third kappa shape index (κ3) is 24.7. The van der Waals surface area contributed by atoms with Crippen LogP contribution in [0, 0.1) is 5.92 Å². The smallest absolute Gasteiger partial charge is 0.310 e. The highest BCUT2D eigenvalue weighted by Gasteiger charge is 2.18. The van der Waals surface area contributed by atoms with Crippen LogP contribution in [0.5, 0.6) is 0 Å². The summed E-state index contributed by atoms with van der Waals surface area (Å²) in [5.41, 5.74) is 0. The number of aliphatic hydroxyl groups is 1. The summed E-state index contributed by atoms with van der Waals surface area (Å²) < 4.78 is 36.7. The molecule has 5 nitrogen and oxygen atoms in total. The number of halogens is 2. The Morgan fingerprint density at radius 1 is 1.33 bits per heavy atom. The number of hydrogen-bond acceptors (Lipinski definition) is 6. The van der Waals surface area contributed by atoms with E-state index in [2.05, 4.69) is 13.2 Å². The lowest BCUT2D eigenvalue weighted by Crippen LogP contribution is -2.25. The van der Waals surface area contributed by atoms with Crippen LogP contribution in [0.2, 0.25) is 0 Å². The summed E-state index contributed by atoms with van der Waals surface area (Å²) in [4.78, 5) is 9.83. The van der Waals surface area contributed by atoms with Gasteiger partial charge in [0.2, 0.25) is 0 Å². The number of ether oxygens (including phenoxy) is 1. The van der Waals surface area contributed by atoms with E-state index in [4.69, 9.17) is 14.4 Å². The Labute approximate surface area is 130 Å². The fourth-order valence-corrected chi connectivity index (χ4v) is 1.77. The quantitative estimate of drug-likeness (QED) is 0.235. The topological polar surface area (TPSA) is 78.8 Å². The Balaban J connectivity index is -0.000000260. The highest BCUT2D eigenvalue weighted by Crippen LogP contribution is 2.23. The molecular formula is C13H27F2NO4S. The minimum atomic E-state index is -2.99. The molecule has 0 spiro atoms. The summed E-state index contributed by atoms with van der Waals surface area (Å²) in [7, 11) is 1.00. The largest absolute Gasteiger partial charge is 0.468 e. The van der Waals surface area contributed by atoms with E-state index in [1.807, 2.05) is 0 Å². The number of carbonyl (C=O) groups is 1. The number of carbonyl (C=O) groups excluding carboxylic acids is 1. The molecule has 1 rings (SSSR count). The summed E-state index contributed by atoms with van der Waals surface area (Å²) in [5, 5.41) is 7.00. The van der Waals surface area contributed by atoms with E-state index in [1.165, 1.54) is 36.8 Å². The zero-order valence-corrected chi connectivity index (χ0v) is 13.5. The van der Waals surface area contributed by atoms with Crippen LogP contribution in [0.25, 0.3) is 0 Å². The average Bonchev–Trinajstić information content (AvgIpc) is 2.50. The molecule has 0 heterocycles. The van der Waals surface area contributed by atoms with Crippen LogP contribution in [-0.2, 0) is 9.53 Å². The molecule has 1 aliphatic carbocycles. The third-order valence-electron chi connectivity index (χ3n) is 2.35. The molecular weight excluding hydrogens is 304 g/mol. The van der Waals surface area contributed by atoms with Crippen molar-refractivity contribution in [3.8, 4) is 0 Å². The first-order valence-electron chi connectivity index (χ1n) is 6.45. The van der Waals surface area contributed by atoms with Gasteiger partial charge >= 0.3 is 6.05 Å². The molecule has 128 valence electrons. The van der Waals surface area contributed by atoms with Crippen molar-refractivity contribution >= 4 is 18.7 Å². The zero-order valence-electron chi connectivity index (χ0n) is 12.7. The Bertz CT molecular complexity index is 213. The Kier molecular flexibility index (Phi) is 23.2. The molecule has 1 fully saturated rings. The van der Waals surface area contributed by atoms with Crippen molar-refractivity contribution in [1.82, 2.24) is 4.72 Å². The highest BCUT2D eigenvalue weighted by atomic mass is 32.2. The molecule has 0 aromatic rings. The van der Waals surface area contributed by atoms with E-state index in [0.29, 0.717) is 25.9 Å². The molecule has 0 aromatic carbocycles. The molecule has 0 saturated heterocycles. The van der Waals surface area contributed by atoms with Crippen molar-refractivity contribution in [2.45, 2.75) is 45.1 Å². The fraction of sp³-hybridized carbons (Fsp3) is 0.769. The second kappa shape index (κ2) is 19.3. The van der Waals surface area contributed by atoms with Crippen molar-refractivity contribution in [2.24, 2.45) is 5.92 Å². The molecule has 8 heteroatoms. The van der Waals surface area contributed by atoms with Gasteiger partial charge in [0.1, 0.15) is 0 Å². The van der Waals surface area contributed by atoms with Gasteiger partial charge in [0.05, 0.1) is 18.8 Å². The van der Waals surface area contributed by atoms with E-state index in [0.717, 1.165) is 7.11 Å². The number of aliphatic hydroxyl groups excluding tert-OH is 1. The minimum Gasteiger partial charge on any atom is -0.468 e. The van der Waals surface area contributed by atoms with Gasteiger partial charge in [0.15, 0.2) is 0 Å². The predicted molar refractivity (Wildman–Crippen MR) is 82.0 cm³/mol. The molecule has 0 unspecified atom stereocenters. The molecule has 0 bridgehead atoms. The van der Waals surface area contributed by atoms with E-state index >= 15 is 0 Å². The summed E-state index contributed by atoms with van der Waals surface area (Å²) >= 11 is -0.0914. The third-order valence-corrected chi connectivity index (χ3v) is 2.80. The molecule has 0 aliphatic heterocycles. The summed E-state index contributed by atoms with van der Waals surface area (Å²) in [6.45, 7) is 7.84. The van der Waals surface area contributed by atoms with Crippen LogP contribution in [0.1, 0.15) is 39.0 Å². The van der Waals surface area contributed by atoms with Gasteiger partial charge in [0.25, 0.3) is 6.47 Å². The van der Waals surface area contributed by atoms with Crippen LogP contribution in [0.15, 0.2) is 13.2 Å². The average molecular weight is 331 g/mol. The van der Waals surface area contributed by atoms with Crippen LogP contribution >= 0.6 is 12.2 Å². The van der Waals surface area contributed by atoms with E-state index in [-0.39, 0.29) is 12.2 Å². The van der Waals surface area contributed by atoms with Gasteiger partial charge in [0, 0.05) is 14.0 Å². The van der Waals surface area contributed by atoms with Crippen molar-refractivity contribution in [1.29, 1.82) is 0 Å². The fourth-order valence-electron chi connectivity index (χ4n) is 1.61. The van der Waals surface area contributed by atoms with Crippen molar-refractivity contribution in [3.05, 3.63) is 13.2 Å². The minimum absolute atomic E-state index is 0.0914. The van der Waals surface area contributed by atoms with Gasteiger partial charge in [-0.2, -0.15) is 13.5 Å². The van der Waals surface area contributed by atoms with Gasteiger partial charge in [-0.1, -0.05) is 19.3 Å². The van der Waals surface area contributed by atoms with Gasteiger partial charge in [-0.25, -0.2) is 0 Å². The number of hydrogen-bond donors (Lipinski definition) is 3. The number of nitrogens with one attached hydrogen (secondary N) is 1. The maximum atomic E-state index is 11.4. The van der Waals surface area contributed by atoms with E-state index < -0.39 is 6.05 Å². The molecule has 0 amide bonds. The van der Waals surface area contributed by atoms with Gasteiger partial charge < -0.3 is 14.4 Å². The Morgan fingerprint density at radius 3 is 2.10 bits per heavy atom. The maximum Gasteiger partial charge on any atom is 0.310 e. The molecule has 3 N–H and O–H groups in total. The first-order valence-corrected chi connectivity index (χ1v) is 7.22. The predicted octanol–water partition coefficient (Wildman–Crippen LogP) is 3.46. The lowest BCUT2D eigenvalue weighted by molar-refractivity contribution is -0.130. The Hall–Kier alpha value is -0.700. The van der Waals surface area contributed by atoms with E-state index in [9.17, 15) is 13.6 Å². The van der Waals surface area contributed by atoms with Crippen LogP contribution in [0.4, 0.5) is 8.78 Å². The first kappa shape index (κ1) is 25.3. The SMILES string of the molecule is C=C.CC(F)(F)NSO.CO.O=COCC1CCCCC1. The van der Waals surface area contributed by atoms with Crippen LogP contribution in [0.3, 0.4) is 0 Å². The zero-order chi connectivity index (χ0) is 17.1. The molecule has 0 aromatic heterocycles. The van der Waals surface area contributed by atoms with Gasteiger partial charge in [-0.15, -0.1) is 13.2 Å². The monoisotopic (exact) mass is 331 g/mol. The molecule has 0 atom stereocenters. The summed E-state index contributed by atoms with van der Waals surface area (Å²) in [6.07, 6.45) is 6.47. The summed E-state index contributed by atoms with van der Waals surface area (Å²) in [6, 6.07) is -2.99. The normalized spacial score (nSPS) is 14.2. The van der Waals surface area contributed by atoms with Crippen LogP contribution < -0.4 is 4.72 Å². The lowest BCUT2D eigenvalue weighted by Gasteiger charge is -2.19. The lowest BCUT2D eigenvalue weighted by atomic mass is 9.90. The van der Waals surface area contributed by atoms with Crippen molar-refractivity contribution < 1.29 is 28.0 Å². The standard InChI is InChI=1S/C8H14O2.C2H5F2NOS.C2H4.CH4O/c9-7-10-6-8-4-2-1-3-5-8;1-2(3,4)5-7-6;2*1-2/h7-8H,1-6H2;5-6H,1H3;1-2H2;2H,1H3. The molecule has 1 saturated carbocycles. The van der Waals surface area contributed by atoms with Crippen molar-refractivity contribution in [2.75, 3.05) is 13.7 Å². The molecule has 0 radical (unpaired) electrons. The van der Waals surface area contributed by atoms with Gasteiger partial charge in [-0.05, 0) is 18.8 Å². The molecule has 21 heavy (non-hydrogen) atoms. The first-order chi connectivity index (χ1) is 9.99. The molecule has 1 aliphatic rings. The highest BCUT2D eigenvalue weighted by molar-refractivity contribution is 7.91. The number of rotatable bonds is 5. The second-order valence-corrected chi connectivity index (χ2v) is 4.40. The maximum absolute atomic E-state index is 11.4. The number of alkyl halides is 2. The van der Waals surface area contributed by atoms with Crippen molar-refractivity contribution in [3.63, 3.8) is 0 Å². The Morgan fingerprint density at radius 2 is 1.81 bits per heavy atom. The summed E-state index contributed by atoms with van der Waals surface area (Å²) in [5.74, 6) is 0.652. The van der Waals surface area contributed by atoms with Crippen LogP contribution in [-0.4, -0.2) is 35.9 Å². The second-order valence-electron chi connectivity index (χ2n) is 4.02.